The maximum Gasteiger partial charge on any atom is 0.419 e. The highest BCUT2D eigenvalue weighted by Gasteiger charge is 2.14. The Hall–Kier alpha value is -3.66. The molecular formula is C19H17ClN4O6. The molecule has 0 fully saturated rings. The number of nitrogens with zero attached hydrogens (tertiary/aromatic N) is 2. The summed E-state index contributed by atoms with van der Waals surface area (Å²) in [6.07, 6.45) is 0.439. The van der Waals surface area contributed by atoms with E-state index in [1.54, 1.807) is 12.1 Å². The van der Waals surface area contributed by atoms with Crippen LogP contribution in [0.5, 0.6) is 0 Å². The van der Waals surface area contributed by atoms with Gasteiger partial charge in [0.2, 0.25) is 11.8 Å². The van der Waals surface area contributed by atoms with Crippen LogP contribution in [0.3, 0.4) is 0 Å². The summed E-state index contributed by atoms with van der Waals surface area (Å²) >= 11 is 6.12. The first-order valence-corrected chi connectivity index (χ1v) is 9.27. The van der Waals surface area contributed by atoms with Crippen molar-refractivity contribution in [3.05, 3.63) is 62.1 Å². The Kier molecular flexibility index (Phi) is 6.17. The third-order valence-corrected chi connectivity index (χ3v) is 4.52. The van der Waals surface area contributed by atoms with Gasteiger partial charge in [0.1, 0.15) is 0 Å². The van der Waals surface area contributed by atoms with Crippen LogP contribution in [0.1, 0.15) is 19.8 Å². The molecule has 1 aromatic heterocycles. The van der Waals surface area contributed by atoms with Crippen molar-refractivity contribution in [2.75, 3.05) is 10.6 Å². The SMILES string of the molecule is CC(=O)Nc1ccc(NC(=O)CCCn2c(=O)oc3cc([N+](=O)[O-])ccc32)c(Cl)c1. The number of benzene rings is 2. The number of non-ortho nitro benzene ring substituents is 1. The number of carbonyl (C=O) groups excluding carboxylic acids is 2. The Bertz CT molecular complexity index is 1200. The van der Waals surface area contributed by atoms with E-state index < -0.39 is 10.7 Å². The fraction of sp³-hybridized carbons (Fsp3) is 0.211. The standard InChI is InChI=1S/C19H17ClN4O6/c1-11(25)21-12-4-6-15(14(20)9-12)22-18(26)3-2-8-23-16-7-5-13(24(28)29)10-17(16)30-19(23)27/h4-7,9-10H,2-3,8H2,1H3,(H,21,25)(H,22,26). The smallest absolute Gasteiger partial charge is 0.407 e. The molecule has 2 aromatic carbocycles. The lowest BCUT2D eigenvalue weighted by Crippen LogP contribution is -2.17. The van der Waals surface area contributed by atoms with Crippen LogP contribution in [-0.2, 0) is 16.1 Å². The van der Waals surface area contributed by atoms with Crippen LogP contribution < -0.4 is 16.4 Å². The third kappa shape index (κ3) is 4.84. The lowest BCUT2D eigenvalue weighted by Gasteiger charge is -2.09. The van der Waals surface area contributed by atoms with Crippen molar-refractivity contribution in [3.8, 4) is 0 Å². The molecule has 3 aromatic rings. The van der Waals surface area contributed by atoms with E-state index in [9.17, 15) is 24.5 Å². The normalized spacial score (nSPS) is 10.7. The van der Waals surface area contributed by atoms with E-state index in [1.807, 2.05) is 0 Å². The highest BCUT2D eigenvalue weighted by molar-refractivity contribution is 6.34. The van der Waals surface area contributed by atoms with Crippen LogP contribution in [0, 0.1) is 10.1 Å². The van der Waals surface area contributed by atoms with Gasteiger partial charge in [0.05, 0.1) is 27.2 Å². The number of amides is 2. The van der Waals surface area contributed by atoms with Gasteiger partial charge in [-0.05, 0) is 30.7 Å². The van der Waals surface area contributed by atoms with Crippen molar-refractivity contribution in [3.63, 3.8) is 0 Å². The average Bonchev–Trinajstić information content (AvgIpc) is 2.98. The topological polar surface area (TPSA) is 136 Å². The van der Waals surface area contributed by atoms with Gasteiger partial charge in [0.15, 0.2) is 5.58 Å². The predicted molar refractivity (Wildman–Crippen MR) is 111 cm³/mol. The van der Waals surface area contributed by atoms with Crippen molar-refractivity contribution in [1.29, 1.82) is 0 Å². The molecule has 0 unspecified atom stereocenters. The molecule has 0 aliphatic carbocycles. The minimum absolute atomic E-state index is 0.107. The van der Waals surface area contributed by atoms with Crippen molar-refractivity contribution in [1.82, 2.24) is 4.57 Å². The molecule has 156 valence electrons. The van der Waals surface area contributed by atoms with E-state index in [2.05, 4.69) is 10.6 Å². The highest BCUT2D eigenvalue weighted by Crippen LogP contribution is 2.26. The molecule has 0 aliphatic rings. The van der Waals surface area contributed by atoms with Gasteiger partial charge in [-0.3, -0.25) is 24.3 Å². The minimum atomic E-state index is -0.650. The molecular weight excluding hydrogens is 416 g/mol. The zero-order valence-corrected chi connectivity index (χ0v) is 16.6. The highest BCUT2D eigenvalue weighted by atomic mass is 35.5. The van der Waals surface area contributed by atoms with E-state index in [0.29, 0.717) is 23.3 Å². The third-order valence-electron chi connectivity index (χ3n) is 4.21. The van der Waals surface area contributed by atoms with Crippen molar-refractivity contribution >= 4 is 51.6 Å². The largest absolute Gasteiger partial charge is 0.419 e. The number of nitrogens with one attached hydrogen (secondary N) is 2. The zero-order valence-electron chi connectivity index (χ0n) is 15.8. The first kappa shape index (κ1) is 21.1. The summed E-state index contributed by atoms with van der Waals surface area (Å²) in [4.78, 5) is 45.5. The number of rotatable bonds is 7. The molecule has 0 radical (unpaired) electrons. The maximum absolute atomic E-state index is 12.2. The second kappa shape index (κ2) is 8.78. The van der Waals surface area contributed by atoms with Gasteiger partial charge in [-0.1, -0.05) is 11.6 Å². The summed E-state index contributed by atoms with van der Waals surface area (Å²) in [5, 5.41) is 16.4. The first-order chi connectivity index (χ1) is 14.2. The maximum atomic E-state index is 12.2. The van der Waals surface area contributed by atoms with Gasteiger partial charge in [-0.15, -0.1) is 0 Å². The summed E-state index contributed by atoms with van der Waals surface area (Å²) in [6.45, 7) is 1.58. The van der Waals surface area contributed by atoms with E-state index in [0.717, 1.165) is 0 Å². The second-order valence-electron chi connectivity index (χ2n) is 6.46. The molecule has 0 atom stereocenters. The lowest BCUT2D eigenvalue weighted by molar-refractivity contribution is -0.384. The predicted octanol–water partition coefficient (Wildman–Crippen LogP) is 3.53. The van der Waals surface area contributed by atoms with Crippen LogP contribution in [0.25, 0.3) is 11.1 Å². The number of carbonyl (C=O) groups is 2. The number of oxazole rings is 1. The number of hydrogen-bond acceptors (Lipinski definition) is 6. The molecule has 0 aliphatic heterocycles. The van der Waals surface area contributed by atoms with Crippen molar-refractivity contribution in [2.45, 2.75) is 26.3 Å². The summed E-state index contributed by atoms with van der Waals surface area (Å²) in [5.74, 6) is -1.19. The Morgan fingerprint density at radius 1 is 1.20 bits per heavy atom. The Balaban J connectivity index is 1.61. The van der Waals surface area contributed by atoms with Crippen LogP contribution in [0.2, 0.25) is 5.02 Å². The van der Waals surface area contributed by atoms with Crippen LogP contribution in [0.4, 0.5) is 17.1 Å². The molecule has 2 amide bonds. The van der Waals surface area contributed by atoms with Gasteiger partial charge in [0, 0.05) is 31.6 Å². The molecule has 2 N–H and O–H groups in total. The zero-order chi connectivity index (χ0) is 21.8. The summed E-state index contributed by atoms with van der Waals surface area (Å²) in [6, 6.07) is 8.62. The fourth-order valence-corrected chi connectivity index (χ4v) is 3.12. The number of nitro benzene ring substituents is 1. The molecule has 10 nitrogen and oxygen atoms in total. The number of halogens is 1. The van der Waals surface area contributed by atoms with Crippen molar-refractivity contribution < 1.29 is 18.9 Å². The lowest BCUT2D eigenvalue weighted by atomic mass is 10.2. The van der Waals surface area contributed by atoms with Crippen LogP contribution >= 0.6 is 11.6 Å². The van der Waals surface area contributed by atoms with Crippen LogP contribution in [-0.4, -0.2) is 21.3 Å². The molecule has 0 spiro atoms. The number of aryl methyl sites for hydroxylation is 1. The monoisotopic (exact) mass is 432 g/mol. The summed E-state index contributed by atoms with van der Waals surface area (Å²) < 4.78 is 6.37. The molecule has 0 bridgehead atoms. The number of fused-ring (bicyclic) bond motifs is 1. The quantitative estimate of drug-likeness (QED) is 0.432. The fourth-order valence-electron chi connectivity index (χ4n) is 2.89. The number of anilines is 2. The number of aromatic nitrogens is 1. The average molecular weight is 433 g/mol. The summed E-state index contributed by atoms with van der Waals surface area (Å²) in [7, 11) is 0. The first-order valence-electron chi connectivity index (χ1n) is 8.89. The Labute approximate surface area is 174 Å². The number of hydrogen-bond donors (Lipinski definition) is 2. The van der Waals surface area contributed by atoms with E-state index in [4.69, 9.17) is 16.0 Å². The Morgan fingerprint density at radius 2 is 1.97 bits per heavy atom. The van der Waals surface area contributed by atoms with E-state index in [1.165, 1.54) is 35.8 Å². The van der Waals surface area contributed by atoms with Gasteiger partial charge < -0.3 is 15.1 Å². The second-order valence-corrected chi connectivity index (χ2v) is 6.86. The van der Waals surface area contributed by atoms with Gasteiger partial charge >= 0.3 is 5.76 Å². The Morgan fingerprint density at radius 3 is 2.63 bits per heavy atom. The van der Waals surface area contributed by atoms with Gasteiger partial charge in [-0.2, -0.15) is 0 Å². The molecule has 0 saturated heterocycles. The number of nitro groups is 1. The van der Waals surface area contributed by atoms with Gasteiger partial charge in [-0.25, -0.2) is 4.79 Å². The molecule has 30 heavy (non-hydrogen) atoms. The van der Waals surface area contributed by atoms with Crippen molar-refractivity contribution in [2.24, 2.45) is 0 Å². The molecule has 1 heterocycles. The van der Waals surface area contributed by atoms with E-state index in [-0.39, 0.29) is 41.1 Å². The molecule has 11 heteroatoms. The summed E-state index contributed by atoms with van der Waals surface area (Å²) in [5.41, 5.74) is 1.27. The van der Waals surface area contributed by atoms with Crippen LogP contribution in [0.15, 0.2) is 45.6 Å². The molecule has 3 rings (SSSR count). The van der Waals surface area contributed by atoms with E-state index >= 15 is 0 Å². The molecule has 0 saturated carbocycles. The van der Waals surface area contributed by atoms with Gasteiger partial charge in [0.25, 0.3) is 5.69 Å². The minimum Gasteiger partial charge on any atom is -0.407 e.